The molecule has 1 fully saturated rings. The van der Waals surface area contributed by atoms with E-state index in [1.807, 2.05) is 49.4 Å². The number of pyridine rings is 1. The van der Waals surface area contributed by atoms with E-state index in [4.69, 9.17) is 34.5 Å². The fourth-order valence-corrected chi connectivity index (χ4v) is 12.0. The van der Waals surface area contributed by atoms with Gasteiger partial charge in [-0.3, -0.25) is 62.7 Å². The van der Waals surface area contributed by atoms with Crippen LogP contribution in [0.1, 0.15) is 107 Å². The molecule has 19 N–H and O–H groups in total. The molecule has 0 aliphatic carbocycles. The van der Waals surface area contributed by atoms with Crippen LogP contribution in [0.2, 0.25) is 5.02 Å². The van der Waals surface area contributed by atoms with Gasteiger partial charge in [0.05, 0.1) is 6.61 Å². The number of halogens is 1. The number of nitrogens with one attached hydrogen (secondary N) is 9. The number of rotatable bonds is 40. The number of aliphatic hydroxyl groups is 1. The van der Waals surface area contributed by atoms with Crippen LogP contribution in [0.25, 0.3) is 10.8 Å². The molecule has 10 unspecified atom stereocenters. The summed E-state index contributed by atoms with van der Waals surface area (Å²) < 4.78 is 0. The van der Waals surface area contributed by atoms with Gasteiger partial charge in [0.1, 0.15) is 66.2 Å². The van der Waals surface area contributed by atoms with Gasteiger partial charge in [-0.1, -0.05) is 104 Å². The van der Waals surface area contributed by atoms with E-state index in [0.717, 1.165) is 15.7 Å². The Labute approximate surface area is 607 Å². The largest absolute Gasteiger partial charge is 0.508 e. The number of hydrogen-bond donors (Lipinski definition) is 15. The van der Waals surface area contributed by atoms with Crippen LogP contribution < -0.4 is 70.8 Å². The quantitative estimate of drug-likeness (QED) is 0.0141. The number of aromatic nitrogens is 1. The number of unbranched alkanes of at least 4 members (excludes halogenated alkanes) is 2. The van der Waals surface area contributed by atoms with Crippen molar-refractivity contribution in [3.8, 4) is 5.75 Å². The van der Waals surface area contributed by atoms with E-state index in [-0.39, 0.29) is 102 Å². The average Bonchev–Trinajstić information content (AvgIpc) is 1.53. The lowest BCUT2D eigenvalue weighted by Gasteiger charge is -2.33. The number of urea groups is 1. The molecule has 5 aromatic rings. The van der Waals surface area contributed by atoms with Gasteiger partial charge >= 0.3 is 6.03 Å². The number of aromatic hydroxyl groups is 1. The Bertz CT molecular complexity index is 3810. The summed E-state index contributed by atoms with van der Waals surface area (Å²) in [6.45, 7) is 3.68. The molecule has 2 heterocycles. The van der Waals surface area contributed by atoms with Crippen LogP contribution >= 0.6 is 11.6 Å². The lowest BCUT2D eigenvalue weighted by atomic mass is 9.99. The van der Waals surface area contributed by atoms with Crippen LogP contribution in [0, 0.1) is 0 Å². The summed E-state index contributed by atoms with van der Waals surface area (Å²) in [7, 11) is 1.22. The van der Waals surface area contributed by atoms with E-state index in [2.05, 4.69) is 57.8 Å². The van der Waals surface area contributed by atoms with Crippen LogP contribution in [0.4, 0.5) is 4.79 Å². The molecule has 13 amide bonds. The van der Waals surface area contributed by atoms with Gasteiger partial charge in [0.2, 0.25) is 65.0 Å². The minimum absolute atomic E-state index is 0.0278. The normalized spacial score (nSPS) is 15.1. The maximum atomic E-state index is 15.1. The van der Waals surface area contributed by atoms with Crippen molar-refractivity contribution >= 4 is 99.3 Å². The number of carbonyl (C=O) groups excluding carboxylic acids is 12. The summed E-state index contributed by atoms with van der Waals surface area (Å²) in [5.41, 5.74) is 23.9. The number of primary amides is 2. The summed E-state index contributed by atoms with van der Waals surface area (Å²) in [5, 5.41) is 47.6. The number of phenols is 1. The molecule has 0 bridgehead atoms. The highest BCUT2D eigenvalue weighted by Gasteiger charge is 2.41. The van der Waals surface area contributed by atoms with Crippen LogP contribution in [0.15, 0.2) is 121 Å². The highest BCUT2D eigenvalue weighted by molar-refractivity contribution is 6.30. The Morgan fingerprint density at radius 3 is 1.74 bits per heavy atom. The first kappa shape index (κ1) is 82.0. The number of aliphatic hydroxyl groups excluding tert-OH is 1. The molecule has 10 atom stereocenters. The maximum absolute atomic E-state index is 15.1. The number of nitrogens with two attached hydrogens (primary N) is 4. The standard InChI is InChI=1S/C72H96ClN17O14/c1-5-6-17-52(63(96)85-54(19-12-33-79-71(75)76)70(103)90-34-13-20-59(90)67(100)81-42(2)61(74)94)83-62(95)53(18-9-10-32-80-72(77)104)84-68(101)60(39-45-24-29-51(93)30-25-45)89(4)69(102)58(41-91)88-66(99)57(38-47-14-11-31-78-40-47)87-65(98)56(36-44-22-27-50(73)28-23-44)86-64(97)55(82-43(3)92)37-46-21-26-48-15-7-8-16-49(48)35-46/h7-8,11,14-16,21-31,35,40,42,52-60,91,93H,5-6,9-10,12-13,17-20,32-34,36-39,41H2,1-4H3,(H2,74,94)(H,81,100)(H,82,92)(H,83,95)(H,84,101)(H,85,96)(H,86,97)(H,87,98)(H,88,99)(H4,75,76,79)(H3,77,80,104). The van der Waals surface area contributed by atoms with Crippen LogP contribution in [0.5, 0.6) is 5.75 Å². The van der Waals surface area contributed by atoms with Crippen LogP contribution in [-0.2, 0) is 78.4 Å². The fourth-order valence-electron chi connectivity index (χ4n) is 11.8. The maximum Gasteiger partial charge on any atom is 0.312 e. The number of aliphatic imine (C=N–C) groups is 1. The van der Waals surface area contributed by atoms with Crippen molar-refractivity contribution in [1.29, 1.82) is 0 Å². The number of likely N-dealkylation sites (N-methyl/N-ethyl adjacent to an activating group) is 1. The first-order chi connectivity index (χ1) is 49.6. The van der Waals surface area contributed by atoms with Gasteiger partial charge in [0.25, 0.3) is 0 Å². The number of fused-ring (bicyclic) bond motifs is 1. The molecule has 1 aliphatic rings. The number of amides is 13. The lowest BCUT2D eigenvalue weighted by molar-refractivity contribution is -0.144. The molecule has 1 aliphatic heterocycles. The van der Waals surface area contributed by atoms with E-state index in [0.29, 0.717) is 46.5 Å². The summed E-state index contributed by atoms with van der Waals surface area (Å²) >= 11 is 6.24. The predicted octanol–water partition coefficient (Wildman–Crippen LogP) is 0.161. The number of phenolic OH excluding ortho intramolecular Hbond substituents is 1. The van der Waals surface area contributed by atoms with E-state index in [1.165, 1.54) is 62.5 Å². The van der Waals surface area contributed by atoms with E-state index in [1.54, 1.807) is 36.4 Å². The summed E-state index contributed by atoms with van der Waals surface area (Å²) in [4.78, 5) is 178. The molecular weight excluding hydrogens is 1360 g/mol. The zero-order valence-electron chi connectivity index (χ0n) is 58.7. The molecule has 0 radical (unpaired) electrons. The van der Waals surface area contributed by atoms with Gasteiger partial charge in [-0.25, -0.2) is 4.79 Å². The summed E-state index contributed by atoms with van der Waals surface area (Å²) in [6, 6.07) is 14.0. The van der Waals surface area contributed by atoms with Crippen molar-refractivity contribution in [2.75, 3.05) is 33.3 Å². The van der Waals surface area contributed by atoms with Crippen molar-refractivity contribution in [2.45, 2.75) is 171 Å². The molecular formula is C72H96ClN17O14. The number of benzene rings is 4. The van der Waals surface area contributed by atoms with Gasteiger partial charge in [-0.15, -0.1) is 0 Å². The zero-order valence-corrected chi connectivity index (χ0v) is 59.5. The highest BCUT2D eigenvalue weighted by Crippen LogP contribution is 2.23. The number of likely N-dealkylation sites (tertiary alicyclic amines) is 1. The van der Waals surface area contributed by atoms with Crippen molar-refractivity contribution in [2.24, 2.45) is 27.9 Å². The second-order valence-corrected chi connectivity index (χ2v) is 26.1. The Balaban J connectivity index is 1.28. The molecule has 31 nitrogen and oxygen atoms in total. The lowest BCUT2D eigenvalue weighted by Crippen LogP contribution is -2.61. The van der Waals surface area contributed by atoms with Crippen molar-refractivity contribution in [3.05, 3.63) is 143 Å². The third kappa shape index (κ3) is 26.1. The van der Waals surface area contributed by atoms with Crippen LogP contribution in [0.3, 0.4) is 0 Å². The fraction of sp³-hybridized carbons (Fsp3) is 0.444. The van der Waals surface area contributed by atoms with Gasteiger partial charge in [-0.05, 0) is 122 Å². The van der Waals surface area contributed by atoms with Crippen molar-refractivity contribution < 1.29 is 67.7 Å². The molecule has 1 aromatic heterocycles. The molecule has 4 aromatic carbocycles. The van der Waals surface area contributed by atoms with E-state index in [9.17, 15) is 63.0 Å². The third-order valence-electron chi connectivity index (χ3n) is 17.5. The Morgan fingerprint density at radius 2 is 1.14 bits per heavy atom. The zero-order chi connectivity index (χ0) is 76.0. The van der Waals surface area contributed by atoms with Gasteiger partial charge in [0.15, 0.2) is 5.96 Å². The number of nitrogens with zero attached hydrogens (tertiary/aromatic N) is 4. The molecule has 0 spiro atoms. The second kappa shape index (κ2) is 41.2. The highest BCUT2D eigenvalue weighted by atomic mass is 35.5. The Hall–Kier alpha value is -10.9. The monoisotopic (exact) mass is 1460 g/mol. The molecule has 32 heteroatoms. The predicted molar refractivity (Wildman–Crippen MR) is 388 cm³/mol. The SMILES string of the molecule is CCCCC(NC(=O)C(CCCCNC(N)=O)NC(=O)C(Cc1ccc(O)cc1)N(C)C(=O)C(CO)NC(=O)C(Cc1cccnc1)NC(=O)C(Cc1ccc(Cl)cc1)NC(=O)C(Cc1ccc2ccccc2c1)NC(C)=O)C(=O)NC(CCCN=C(N)N)C(=O)N1CCCC1C(=O)NC(C)C(N)=O. The molecule has 6 rings (SSSR count). The van der Waals surface area contributed by atoms with Crippen LogP contribution in [-0.4, -0.2) is 196 Å². The summed E-state index contributed by atoms with van der Waals surface area (Å²) in [6.07, 6.45) is 4.27. The number of carbonyl (C=O) groups is 12. The molecule has 560 valence electrons. The first-order valence-electron chi connectivity index (χ1n) is 34.5. The topological polar surface area (TPSA) is 489 Å². The summed E-state index contributed by atoms with van der Waals surface area (Å²) in [5.74, 6) is -9.21. The molecule has 1 saturated heterocycles. The number of hydrogen-bond acceptors (Lipinski definition) is 16. The van der Waals surface area contributed by atoms with Crippen molar-refractivity contribution in [1.82, 2.24) is 62.6 Å². The third-order valence-corrected chi connectivity index (χ3v) is 17.8. The van der Waals surface area contributed by atoms with Gasteiger partial charge in [0, 0.05) is 76.7 Å². The van der Waals surface area contributed by atoms with E-state index < -0.39 is 138 Å². The molecule has 0 saturated carbocycles. The van der Waals surface area contributed by atoms with Crippen molar-refractivity contribution in [3.63, 3.8) is 0 Å². The minimum Gasteiger partial charge on any atom is -0.508 e. The smallest absolute Gasteiger partial charge is 0.312 e. The Kier molecular flexibility index (Phi) is 32.5. The van der Waals surface area contributed by atoms with Gasteiger partial charge in [-0.2, -0.15) is 0 Å². The Morgan fingerprint density at radius 1 is 0.606 bits per heavy atom. The first-order valence-corrected chi connectivity index (χ1v) is 34.9. The number of guanidine groups is 1. The van der Waals surface area contributed by atoms with Gasteiger partial charge < -0.3 is 90.8 Å². The molecule has 104 heavy (non-hydrogen) atoms. The average molecular weight is 1460 g/mol. The van der Waals surface area contributed by atoms with E-state index >= 15 is 4.79 Å². The minimum atomic E-state index is -1.83. The second-order valence-electron chi connectivity index (χ2n) is 25.6.